The predicted molar refractivity (Wildman–Crippen MR) is 135 cm³/mol. The van der Waals surface area contributed by atoms with E-state index >= 15 is 0 Å². The maximum Gasteiger partial charge on any atom is 0.307 e. The zero-order valence-corrected chi connectivity index (χ0v) is 19.4. The highest BCUT2D eigenvalue weighted by molar-refractivity contribution is 5.78. The second-order valence-corrected chi connectivity index (χ2v) is 8.08. The summed E-state index contributed by atoms with van der Waals surface area (Å²) in [6, 6.07) is 27.5. The number of aryl methyl sites for hydroxylation is 1. The van der Waals surface area contributed by atoms with Gasteiger partial charge in [0.15, 0.2) is 0 Å². The smallest absolute Gasteiger partial charge is 0.307 e. The third-order valence-electron chi connectivity index (χ3n) is 5.70. The first-order valence-corrected chi connectivity index (χ1v) is 11.6. The van der Waals surface area contributed by atoms with Crippen LogP contribution in [0.5, 0.6) is 0 Å². The molecule has 6 nitrogen and oxygen atoms in total. The van der Waals surface area contributed by atoms with Gasteiger partial charge in [-0.2, -0.15) is 0 Å². The average Bonchev–Trinajstić information content (AvgIpc) is 2.87. The van der Waals surface area contributed by atoms with Crippen LogP contribution in [-0.4, -0.2) is 28.7 Å². The van der Waals surface area contributed by atoms with E-state index in [1.165, 1.54) is 0 Å². The van der Waals surface area contributed by atoms with Crippen LogP contribution in [-0.2, 0) is 29.0 Å². The molecule has 4 rings (SSSR count). The normalized spacial score (nSPS) is 10.9. The van der Waals surface area contributed by atoms with Crippen molar-refractivity contribution in [1.29, 1.82) is 0 Å². The summed E-state index contributed by atoms with van der Waals surface area (Å²) in [5, 5.41) is 0.587. The highest BCUT2D eigenvalue weighted by Crippen LogP contribution is 2.19. The number of hydrogen-bond acceptors (Lipinski definition) is 5. The van der Waals surface area contributed by atoms with Crippen molar-refractivity contribution in [1.82, 2.24) is 9.55 Å². The molecule has 4 aromatic rings. The summed E-state index contributed by atoms with van der Waals surface area (Å²) in [7, 11) is 0. The van der Waals surface area contributed by atoms with Crippen LogP contribution in [0.3, 0.4) is 0 Å². The summed E-state index contributed by atoms with van der Waals surface area (Å²) in [6.45, 7) is 3.54. The van der Waals surface area contributed by atoms with Crippen LogP contribution in [0.15, 0.2) is 89.7 Å². The fraction of sp³-hybridized carbons (Fsp3) is 0.250. The molecule has 0 amide bonds. The van der Waals surface area contributed by atoms with Gasteiger partial charge < -0.3 is 9.64 Å². The van der Waals surface area contributed by atoms with Crippen molar-refractivity contribution in [2.24, 2.45) is 0 Å². The second-order valence-electron chi connectivity index (χ2n) is 8.08. The van der Waals surface area contributed by atoms with E-state index in [0.717, 1.165) is 11.1 Å². The zero-order valence-electron chi connectivity index (χ0n) is 19.4. The lowest BCUT2D eigenvalue weighted by molar-refractivity contribution is -0.142. The molecule has 1 aromatic heterocycles. The van der Waals surface area contributed by atoms with E-state index in [-0.39, 0.29) is 17.9 Å². The third-order valence-corrected chi connectivity index (χ3v) is 5.70. The Labute approximate surface area is 199 Å². The number of rotatable bonds is 10. The van der Waals surface area contributed by atoms with Crippen LogP contribution >= 0.6 is 0 Å². The summed E-state index contributed by atoms with van der Waals surface area (Å²) in [5.41, 5.74) is 2.79. The molecular weight excluding hydrogens is 426 g/mol. The van der Waals surface area contributed by atoms with E-state index in [4.69, 9.17) is 9.72 Å². The van der Waals surface area contributed by atoms with Crippen molar-refractivity contribution < 1.29 is 9.53 Å². The summed E-state index contributed by atoms with van der Waals surface area (Å²) >= 11 is 0. The van der Waals surface area contributed by atoms with Crippen LogP contribution in [0, 0.1) is 0 Å². The van der Waals surface area contributed by atoms with Gasteiger partial charge in [0.2, 0.25) is 5.95 Å². The molecule has 0 fully saturated rings. The molecule has 0 N–H and O–H groups in total. The van der Waals surface area contributed by atoms with Gasteiger partial charge >= 0.3 is 5.97 Å². The molecule has 0 bridgehead atoms. The van der Waals surface area contributed by atoms with Gasteiger partial charge in [-0.25, -0.2) is 4.98 Å². The minimum atomic E-state index is -0.264. The molecule has 0 unspecified atom stereocenters. The van der Waals surface area contributed by atoms with Crippen molar-refractivity contribution >= 4 is 22.8 Å². The van der Waals surface area contributed by atoms with Crippen LogP contribution in [0.2, 0.25) is 0 Å². The van der Waals surface area contributed by atoms with Gasteiger partial charge in [0, 0.05) is 19.6 Å². The number of nitrogens with zero attached hydrogens (tertiary/aromatic N) is 3. The van der Waals surface area contributed by atoms with Crippen molar-refractivity contribution in [2.45, 2.75) is 32.9 Å². The molecule has 174 valence electrons. The second kappa shape index (κ2) is 11.3. The first-order chi connectivity index (χ1) is 16.7. The van der Waals surface area contributed by atoms with Crippen LogP contribution in [0.1, 0.15) is 24.5 Å². The molecule has 0 saturated carbocycles. The number of esters is 1. The Morgan fingerprint density at radius 1 is 0.912 bits per heavy atom. The third kappa shape index (κ3) is 5.70. The van der Waals surface area contributed by atoms with Crippen LogP contribution in [0.25, 0.3) is 10.9 Å². The van der Waals surface area contributed by atoms with Crippen LogP contribution < -0.4 is 10.5 Å². The number of hydrogen-bond donors (Lipinski definition) is 0. The van der Waals surface area contributed by atoms with E-state index in [1.807, 2.05) is 77.7 Å². The fourth-order valence-electron chi connectivity index (χ4n) is 4.00. The first-order valence-electron chi connectivity index (χ1n) is 11.6. The highest BCUT2D eigenvalue weighted by atomic mass is 16.5. The van der Waals surface area contributed by atoms with E-state index in [2.05, 4.69) is 12.1 Å². The maximum absolute atomic E-state index is 13.6. The molecule has 0 radical (unpaired) electrons. The average molecular weight is 456 g/mol. The lowest BCUT2D eigenvalue weighted by Crippen LogP contribution is -2.35. The number of carbonyl (C=O) groups is 1. The number of benzene rings is 3. The molecule has 3 aromatic carbocycles. The van der Waals surface area contributed by atoms with Gasteiger partial charge in [-0.15, -0.1) is 0 Å². The van der Waals surface area contributed by atoms with Crippen LogP contribution in [0.4, 0.5) is 5.95 Å². The highest BCUT2D eigenvalue weighted by Gasteiger charge is 2.19. The van der Waals surface area contributed by atoms with Crippen molar-refractivity contribution in [3.63, 3.8) is 0 Å². The fourth-order valence-corrected chi connectivity index (χ4v) is 4.00. The summed E-state index contributed by atoms with van der Waals surface area (Å²) < 4.78 is 6.89. The summed E-state index contributed by atoms with van der Waals surface area (Å²) in [5.74, 6) is 0.298. The molecule has 6 heteroatoms. The Balaban J connectivity index is 1.75. The predicted octanol–water partition coefficient (Wildman–Crippen LogP) is 4.60. The molecular formula is C28H29N3O3. The lowest BCUT2D eigenvalue weighted by Gasteiger charge is -2.27. The standard InChI is InChI=1S/C28H29N3O3/c1-2-34-26(32)18-19-30(21-23-13-7-4-8-14-23)28-29-25-16-10-9-15-24(25)27(33)31(28)20-17-22-11-5-3-6-12-22/h3-16H,2,17-21H2,1H3. The number of aromatic nitrogens is 2. The summed E-state index contributed by atoms with van der Waals surface area (Å²) in [4.78, 5) is 32.7. The number of anilines is 1. The molecule has 0 aliphatic heterocycles. The van der Waals surface area contributed by atoms with Gasteiger partial charge in [0.05, 0.1) is 23.9 Å². The Bertz CT molecular complexity index is 1290. The quantitative estimate of drug-likeness (QED) is 0.327. The SMILES string of the molecule is CCOC(=O)CCN(Cc1ccccc1)c1nc2ccccc2c(=O)n1CCc1ccccc1. The largest absolute Gasteiger partial charge is 0.466 e. The molecule has 34 heavy (non-hydrogen) atoms. The minimum Gasteiger partial charge on any atom is -0.466 e. The Hall–Kier alpha value is -3.93. The lowest BCUT2D eigenvalue weighted by atomic mass is 10.1. The molecule has 0 aliphatic carbocycles. The number of carbonyl (C=O) groups excluding carboxylic acids is 1. The van der Waals surface area contributed by atoms with E-state index in [0.29, 0.717) is 49.5 Å². The number of para-hydroxylation sites is 1. The van der Waals surface area contributed by atoms with E-state index in [9.17, 15) is 9.59 Å². The van der Waals surface area contributed by atoms with E-state index < -0.39 is 0 Å². The van der Waals surface area contributed by atoms with Gasteiger partial charge in [0.25, 0.3) is 5.56 Å². The Morgan fingerprint density at radius 2 is 1.56 bits per heavy atom. The molecule has 0 spiro atoms. The van der Waals surface area contributed by atoms with Gasteiger partial charge in [-0.1, -0.05) is 72.8 Å². The monoisotopic (exact) mass is 455 g/mol. The minimum absolute atomic E-state index is 0.0780. The number of ether oxygens (including phenoxy) is 1. The Kier molecular flexibility index (Phi) is 7.71. The summed E-state index contributed by atoms with van der Waals surface area (Å²) in [6.07, 6.45) is 0.910. The van der Waals surface area contributed by atoms with E-state index in [1.54, 1.807) is 11.5 Å². The van der Waals surface area contributed by atoms with Gasteiger partial charge in [-0.05, 0) is 36.6 Å². The molecule has 1 heterocycles. The van der Waals surface area contributed by atoms with Gasteiger partial charge in [-0.3, -0.25) is 14.2 Å². The van der Waals surface area contributed by atoms with Gasteiger partial charge in [0.1, 0.15) is 0 Å². The van der Waals surface area contributed by atoms with Crippen molar-refractivity contribution in [2.75, 3.05) is 18.1 Å². The first kappa shape index (κ1) is 23.2. The Morgan fingerprint density at radius 3 is 2.26 bits per heavy atom. The van der Waals surface area contributed by atoms with Crippen molar-refractivity contribution in [3.05, 3.63) is 106 Å². The molecule has 0 atom stereocenters. The maximum atomic E-state index is 13.6. The molecule has 0 saturated heterocycles. The topological polar surface area (TPSA) is 64.4 Å². The molecule has 0 aliphatic rings. The van der Waals surface area contributed by atoms with Crippen molar-refractivity contribution in [3.8, 4) is 0 Å². The zero-order chi connectivity index (χ0) is 23.8. The number of fused-ring (bicyclic) bond motifs is 1.